The van der Waals surface area contributed by atoms with Crippen molar-refractivity contribution < 1.29 is 19.1 Å². The minimum absolute atomic E-state index is 0.240. The molecule has 1 aliphatic rings. The highest BCUT2D eigenvalue weighted by Gasteiger charge is 2.40. The first-order valence-corrected chi connectivity index (χ1v) is 10.8. The van der Waals surface area contributed by atoms with E-state index in [2.05, 4.69) is 11.4 Å². The van der Waals surface area contributed by atoms with Crippen molar-refractivity contribution in [3.63, 3.8) is 0 Å². The van der Waals surface area contributed by atoms with Gasteiger partial charge in [-0.2, -0.15) is 0 Å². The van der Waals surface area contributed by atoms with Crippen LogP contribution in [0.5, 0.6) is 11.5 Å². The molecule has 1 aliphatic heterocycles. The average molecular weight is 443 g/mol. The van der Waals surface area contributed by atoms with Gasteiger partial charge in [0.15, 0.2) is 0 Å². The summed E-state index contributed by atoms with van der Waals surface area (Å²) in [6.45, 7) is 6.42. The zero-order valence-corrected chi connectivity index (χ0v) is 19.1. The molecule has 0 fully saturated rings. The number of carbonyl (C=O) groups is 2. The minimum Gasteiger partial charge on any atom is -0.497 e. The van der Waals surface area contributed by atoms with Crippen LogP contribution in [-0.2, 0) is 9.59 Å². The van der Waals surface area contributed by atoms with Gasteiger partial charge in [-0.25, -0.2) is 4.90 Å². The number of methoxy groups -OCH3 is 1. The Kier molecular flexibility index (Phi) is 6.18. The molecule has 0 atom stereocenters. The van der Waals surface area contributed by atoms with Crippen LogP contribution in [0.2, 0.25) is 0 Å². The first-order chi connectivity index (χ1) is 15.9. The van der Waals surface area contributed by atoms with E-state index in [1.807, 2.05) is 32.9 Å². The molecule has 6 heteroatoms. The topological polar surface area (TPSA) is 67.9 Å². The molecule has 33 heavy (non-hydrogen) atoms. The van der Waals surface area contributed by atoms with Gasteiger partial charge in [0.2, 0.25) is 0 Å². The fraction of sp³-hybridized carbons (Fsp3) is 0.185. The lowest BCUT2D eigenvalue weighted by Gasteiger charge is -2.16. The van der Waals surface area contributed by atoms with Gasteiger partial charge < -0.3 is 14.8 Å². The largest absolute Gasteiger partial charge is 0.497 e. The number of nitrogens with one attached hydrogen (secondary N) is 1. The molecule has 0 spiro atoms. The van der Waals surface area contributed by atoms with E-state index in [-0.39, 0.29) is 11.6 Å². The van der Waals surface area contributed by atoms with Gasteiger partial charge in [-0.15, -0.1) is 0 Å². The summed E-state index contributed by atoms with van der Waals surface area (Å²) in [5.41, 5.74) is 4.54. The monoisotopic (exact) mass is 442 g/mol. The fourth-order valence-electron chi connectivity index (χ4n) is 3.95. The van der Waals surface area contributed by atoms with Crippen LogP contribution in [0.15, 0.2) is 72.4 Å². The van der Waals surface area contributed by atoms with Gasteiger partial charge in [-0.05, 0) is 86.0 Å². The van der Waals surface area contributed by atoms with Crippen molar-refractivity contribution in [2.45, 2.75) is 20.8 Å². The van der Waals surface area contributed by atoms with Gasteiger partial charge in [0.25, 0.3) is 11.8 Å². The molecule has 0 radical (unpaired) electrons. The molecule has 3 aromatic carbocycles. The maximum absolute atomic E-state index is 13.6. The smallest absolute Gasteiger partial charge is 0.282 e. The van der Waals surface area contributed by atoms with Gasteiger partial charge in [0.1, 0.15) is 17.2 Å². The van der Waals surface area contributed by atoms with Gasteiger partial charge in [-0.1, -0.05) is 18.2 Å². The van der Waals surface area contributed by atoms with Crippen LogP contribution < -0.4 is 19.7 Å². The molecule has 0 saturated carbocycles. The van der Waals surface area contributed by atoms with Crippen LogP contribution in [0.1, 0.15) is 23.6 Å². The number of nitrogens with zero attached hydrogens (tertiary/aromatic N) is 1. The highest BCUT2D eigenvalue weighted by Crippen LogP contribution is 2.35. The van der Waals surface area contributed by atoms with E-state index in [0.717, 1.165) is 16.8 Å². The molecule has 0 bridgehead atoms. The third kappa shape index (κ3) is 4.46. The van der Waals surface area contributed by atoms with E-state index in [1.165, 1.54) is 4.90 Å². The second-order valence-corrected chi connectivity index (χ2v) is 7.85. The van der Waals surface area contributed by atoms with Crippen molar-refractivity contribution in [2.75, 3.05) is 23.9 Å². The second-order valence-electron chi connectivity index (χ2n) is 7.85. The molecule has 168 valence electrons. The number of hydrogen-bond acceptors (Lipinski definition) is 5. The summed E-state index contributed by atoms with van der Waals surface area (Å²) in [6.07, 6.45) is 0. The molecular weight excluding hydrogens is 416 g/mol. The molecule has 2 amide bonds. The Morgan fingerprint density at radius 2 is 1.42 bits per heavy atom. The SMILES string of the molecule is CCOc1ccc(N2C(=O)C(Nc3cc(C)cc(C)c3)=C(c3ccc(OC)cc3)C2=O)cc1. The summed E-state index contributed by atoms with van der Waals surface area (Å²) in [5.74, 6) is 0.552. The third-order valence-corrected chi connectivity index (χ3v) is 5.36. The van der Waals surface area contributed by atoms with Crippen molar-refractivity contribution in [2.24, 2.45) is 0 Å². The van der Waals surface area contributed by atoms with E-state index >= 15 is 0 Å². The first kappa shape index (κ1) is 22.1. The van der Waals surface area contributed by atoms with Crippen molar-refractivity contribution in [3.05, 3.63) is 89.1 Å². The molecule has 0 aromatic heterocycles. The van der Waals surface area contributed by atoms with Gasteiger partial charge in [0.05, 0.1) is 25.0 Å². The van der Waals surface area contributed by atoms with Crippen molar-refractivity contribution in [1.29, 1.82) is 0 Å². The van der Waals surface area contributed by atoms with E-state index in [4.69, 9.17) is 9.47 Å². The van der Waals surface area contributed by atoms with Crippen LogP contribution in [0.25, 0.3) is 5.57 Å². The predicted octanol–water partition coefficient (Wildman–Crippen LogP) is 5.11. The molecule has 1 N–H and O–H groups in total. The summed E-state index contributed by atoms with van der Waals surface area (Å²) in [6, 6.07) is 20.0. The summed E-state index contributed by atoms with van der Waals surface area (Å²) in [4.78, 5) is 28.3. The Bertz CT molecular complexity index is 1210. The highest BCUT2D eigenvalue weighted by atomic mass is 16.5. The van der Waals surface area contributed by atoms with Crippen molar-refractivity contribution in [3.8, 4) is 11.5 Å². The zero-order valence-electron chi connectivity index (χ0n) is 19.1. The zero-order chi connectivity index (χ0) is 23.5. The van der Waals surface area contributed by atoms with Crippen molar-refractivity contribution >= 4 is 28.8 Å². The third-order valence-electron chi connectivity index (χ3n) is 5.36. The standard InChI is InChI=1S/C27H26N2O4/c1-5-33-23-12-8-21(9-13-23)29-26(30)24(19-6-10-22(32-4)11-7-19)25(27(29)31)28-20-15-17(2)14-18(3)16-20/h6-16,28H,5H2,1-4H3. The predicted molar refractivity (Wildman–Crippen MR) is 130 cm³/mol. The number of imide groups is 1. The van der Waals surface area contributed by atoms with Crippen LogP contribution in [-0.4, -0.2) is 25.5 Å². The number of amides is 2. The number of rotatable bonds is 7. The number of aryl methyl sites for hydroxylation is 2. The maximum Gasteiger partial charge on any atom is 0.282 e. The minimum atomic E-state index is -0.408. The summed E-state index contributed by atoms with van der Waals surface area (Å²) in [7, 11) is 1.58. The number of carbonyl (C=O) groups excluding carboxylic acids is 2. The van der Waals surface area contributed by atoms with E-state index in [0.29, 0.717) is 34.9 Å². The summed E-state index contributed by atoms with van der Waals surface area (Å²) in [5, 5.41) is 3.22. The number of ether oxygens (including phenoxy) is 2. The Hall–Kier alpha value is -4.06. The second kappa shape index (κ2) is 9.20. The van der Waals surface area contributed by atoms with Gasteiger partial charge >= 0.3 is 0 Å². The average Bonchev–Trinajstić information content (AvgIpc) is 3.03. The normalized spacial score (nSPS) is 13.5. The molecule has 6 nitrogen and oxygen atoms in total. The number of benzene rings is 3. The molecule has 0 saturated heterocycles. The lowest BCUT2D eigenvalue weighted by atomic mass is 10.0. The Morgan fingerprint density at radius 3 is 2.00 bits per heavy atom. The lowest BCUT2D eigenvalue weighted by Crippen LogP contribution is -2.32. The first-order valence-electron chi connectivity index (χ1n) is 10.8. The Morgan fingerprint density at radius 1 is 0.818 bits per heavy atom. The van der Waals surface area contributed by atoms with E-state index < -0.39 is 5.91 Å². The Balaban J connectivity index is 1.78. The van der Waals surface area contributed by atoms with Gasteiger partial charge in [0, 0.05) is 5.69 Å². The number of anilines is 2. The van der Waals surface area contributed by atoms with Gasteiger partial charge in [-0.3, -0.25) is 9.59 Å². The molecule has 4 rings (SSSR count). The highest BCUT2D eigenvalue weighted by molar-refractivity contribution is 6.46. The Labute approximate surface area is 193 Å². The molecular formula is C27H26N2O4. The lowest BCUT2D eigenvalue weighted by molar-refractivity contribution is -0.120. The van der Waals surface area contributed by atoms with E-state index in [9.17, 15) is 9.59 Å². The molecule has 1 heterocycles. The van der Waals surface area contributed by atoms with Crippen molar-refractivity contribution in [1.82, 2.24) is 0 Å². The maximum atomic E-state index is 13.6. The molecule has 0 aliphatic carbocycles. The van der Waals surface area contributed by atoms with E-state index in [1.54, 1.807) is 55.6 Å². The van der Waals surface area contributed by atoms with Crippen LogP contribution in [0.3, 0.4) is 0 Å². The molecule has 3 aromatic rings. The van der Waals surface area contributed by atoms with Crippen LogP contribution in [0, 0.1) is 13.8 Å². The summed E-state index contributed by atoms with van der Waals surface area (Å²) < 4.78 is 10.7. The summed E-state index contributed by atoms with van der Waals surface area (Å²) >= 11 is 0. The van der Waals surface area contributed by atoms with Crippen LogP contribution >= 0.6 is 0 Å². The fourth-order valence-corrected chi connectivity index (χ4v) is 3.95. The van der Waals surface area contributed by atoms with Crippen LogP contribution in [0.4, 0.5) is 11.4 Å². The molecule has 0 unspecified atom stereocenters. The quantitative estimate of drug-likeness (QED) is 0.515. The number of hydrogen-bond donors (Lipinski definition) is 1.